The number of urea groups is 1. The van der Waals surface area contributed by atoms with Crippen molar-refractivity contribution in [3.8, 4) is 5.75 Å². The molecule has 8 nitrogen and oxygen atoms in total. The van der Waals surface area contributed by atoms with Crippen LogP contribution in [0.25, 0.3) is 0 Å². The van der Waals surface area contributed by atoms with Gasteiger partial charge in [0.25, 0.3) is 0 Å². The minimum Gasteiger partial charge on any atom is -0.493 e. The molecule has 2 atom stereocenters. The Kier molecular flexibility index (Phi) is 10.0. The molecule has 2 aliphatic heterocycles. The van der Waals surface area contributed by atoms with E-state index in [4.69, 9.17) is 42.7 Å². The van der Waals surface area contributed by atoms with E-state index in [9.17, 15) is 0 Å². The number of methoxy groups -OCH3 is 1. The largest absolute Gasteiger partial charge is 0.493 e. The summed E-state index contributed by atoms with van der Waals surface area (Å²) >= 11 is 12.8. The summed E-state index contributed by atoms with van der Waals surface area (Å²) in [5.74, 6) is 1.15. The van der Waals surface area contributed by atoms with Crippen molar-refractivity contribution in [1.82, 2.24) is 19.7 Å². The number of rotatable bonds is 8. The van der Waals surface area contributed by atoms with Crippen molar-refractivity contribution in [3.63, 3.8) is 0 Å². The number of amidine groups is 1. The van der Waals surface area contributed by atoms with E-state index in [0.717, 1.165) is 36.5 Å². The summed E-state index contributed by atoms with van der Waals surface area (Å²) < 4.78 is 11.6. The van der Waals surface area contributed by atoms with Crippen LogP contribution in [-0.4, -0.2) is 84.6 Å². The Labute approximate surface area is 283 Å². The number of carbonyl (C=O) groups excluding carboxylic acids is 1. The van der Waals surface area contributed by atoms with E-state index >= 15 is 4.79 Å². The fraction of sp³-hybridized carbons (Fsp3) is 0.472. The molecule has 1 aromatic heterocycles. The normalized spacial score (nSPS) is 22.2. The van der Waals surface area contributed by atoms with Gasteiger partial charge in [0.15, 0.2) is 0 Å². The highest BCUT2D eigenvalue weighted by atomic mass is 35.5. The number of amides is 2. The van der Waals surface area contributed by atoms with Crippen LogP contribution in [0.4, 0.5) is 4.79 Å². The molecule has 246 valence electrons. The predicted molar refractivity (Wildman–Crippen MR) is 185 cm³/mol. The Morgan fingerprint density at radius 1 is 0.935 bits per heavy atom. The van der Waals surface area contributed by atoms with E-state index in [0.29, 0.717) is 53.5 Å². The van der Waals surface area contributed by atoms with E-state index in [-0.39, 0.29) is 11.4 Å². The maximum Gasteiger partial charge on any atom is 0.326 e. The molecule has 0 saturated carbocycles. The van der Waals surface area contributed by atoms with Gasteiger partial charge in [0.1, 0.15) is 22.7 Å². The standard InChI is InChI=1S/C36H45Cl2N5O3/c1-8-46-30-23-31(34(2,3)4)39-24-29(30)32-40-35(5,25-9-13-27(37)14-10-25)36(6,26-11-15-28(38)16-12-26)43(32)33(44)42-19-17-41(18-20-42)21-22-45-7/h9-16,23-24H,8,17-22H2,1-7H3/t35-,36+/m0/s1. The zero-order chi connectivity index (χ0) is 33.3. The molecule has 0 radical (unpaired) electrons. The van der Waals surface area contributed by atoms with E-state index in [2.05, 4.69) is 39.5 Å². The number of benzene rings is 2. The van der Waals surface area contributed by atoms with Crippen molar-refractivity contribution in [2.75, 3.05) is 53.0 Å². The highest BCUT2D eigenvalue weighted by molar-refractivity contribution is 6.30. The van der Waals surface area contributed by atoms with Crippen molar-refractivity contribution in [2.45, 2.75) is 58.0 Å². The Balaban J connectivity index is 1.72. The van der Waals surface area contributed by atoms with Crippen LogP contribution in [0, 0.1) is 0 Å². The molecule has 3 heterocycles. The molecule has 0 aliphatic carbocycles. The lowest BCUT2D eigenvalue weighted by Gasteiger charge is -2.47. The summed E-state index contributed by atoms with van der Waals surface area (Å²) in [6, 6.07) is 17.3. The van der Waals surface area contributed by atoms with Crippen LogP contribution in [-0.2, 0) is 21.2 Å². The number of ether oxygens (including phenoxy) is 2. The lowest BCUT2D eigenvalue weighted by atomic mass is 9.71. The van der Waals surface area contributed by atoms with Gasteiger partial charge in [-0.2, -0.15) is 0 Å². The quantitative estimate of drug-likeness (QED) is 0.251. The van der Waals surface area contributed by atoms with Crippen molar-refractivity contribution in [1.29, 1.82) is 0 Å². The molecule has 2 amide bonds. The number of hydrogen-bond donors (Lipinski definition) is 0. The van der Waals surface area contributed by atoms with Gasteiger partial charge in [-0.3, -0.25) is 19.8 Å². The predicted octanol–water partition coefficient (Wildman–Crippen LogP) is 7.36. The summed E-state index contributed by atoms with van der Waals surface area (Å²) in [6.07, 6.45) is 1.81. The second kappa shape index (κ2) is 13.5. The van der Waals surface area contributed by atoms with Crippen LogP contribution in [0.5, 0.6) is 5.75 Å². The summed E-state index contributed by atoms with van der Waals surface area (Å²) in [6.45, 7) is 17.1. The molecule has 2 aromatic carbocycles. The molecule has 0 unspecified atom stereocenters. The highest BCUT2D eigenvalue weighted by Gasteiger charge is 2.60. The van der Waals surface area contributed by atoms with Crippen LogP contribution >= 0.6 is 23.2 Å². The maximum absolute atomic E-state index is 15.0. The summed E-state index contributed by atoms with van der Waals surface area (Å²) in [5.41, 5.74) is 1.28. The number of hydrogen-bond acceptors (Lipinski definition) is 6. The third kappa shape index (κ3) is 6.37. The molecule has 1 fully saturated rings. The van der Waals surface area contributed by atoms with Crippen molar-refractivity contribution < 1.29 is 14.3 Å². The van der Waals surface area contributed by atoms with Crippen molar-refractivity contribution in [2.24, 2.45) is 4.99 Å². The average Bonchev–Trinajstić information content (AvgIpc) is 3.28. The zero-order valence-electron chi connectivity index (χ0n) is 27.9. The molecular weight excluding hydrogens is 621 g/mol. The summed E-state index contributed by atoms with van der Waals surface area (Å²) in [5, 5.41) is 1.24. The molecule has 2 aliphatic rings. The van der Waals surface area contributed by atoms with E-state index in [1.54, 1.807) is 7.11 Å². The fourth-order valence-corrected chi connectivity index (χ4v) is 6.63. The Morgan fingerprint density at radius 2 is 1.52 bits per heavy atom. The van der Waals surface area contributed by atoms with Gasteiger partial charge in [-0.25, -0.2) is 4.79 Å². The maximum atomic E-state index is 15.0. The molecule has 10 heteroatoms. The van der Waals surface area contributed by atoms with Gasteiger partial charge in [-0.1, -0.05) is 68.2 Å². The SMILES string of the molecule is CCOc1cc(C(C)(C)C)ncc1C1=N[C@@](C)(c2ccc(Cl)cc2)[C@@](C)(c2ccc(Cl)cc2)N1C(=O)N1CCN(CCOC)CC1. The van der Waals surface area contributed by atoms with Gasteiger partial charge in [0.05, 0.1) is 18.8 Å². The molecule has 46 heavy (non-hydrogen) atoms. The number of aliphatic imine (C=N–C) groups is 1. The van der Waals surface area contributed by atoms with E-state index in [1.165, 1.54) is 0 Å². The minimum atomic E-state index is -0.975. The second-order valence-electron chi connectivity index (χ2n) is 13.3. The van der Waals surface area contributed by atoms with Gasteiger partial charge in [0, 0.05) is 73.3 Å². The number of nitrogens with zero attached hydrogens (tertiary/aromatic N) is 5. The van der Waals surface area contributed by atoms with Crippen LogP contribution in [0.1, 0.15) is 63.9 Å². The van der Waals surface area contributed by atoms with Crippen LogP contribution in [0.3, 0.4) is 0 Å². The smallest absolute Gasteiger partial charge is 0.326 e. The summed E-state index contributed by atoms with van der Waals surface area (Å²) in [4.78, 5) is 31.6. The fourth-order valence-electron chi connectivity index (χ4n) is 6.38. The number of piperazine rings is 1. The molecule has 0 bridgehead atoms. The van der Waals surface area contributed by atoms with Gasteiger partial charge in [-0.15, -0.1) is 0 Å². The molecule has 3 aromatic rings. The first kappa shape index (κ1) is 34.2. The monoisotopic (exact) mass is 665 g/mol. The first-order valence-electron chi connectivity index (χ1n) is 15.9. The number of carbonyl (C=O) groups is 1. The molecule has 5 rings (SSSR count). The molecule has 0 N–H and O–H groups in total. The molecular formula is C36H45Cl2N5O3. The third-order valence-corrected chi connectivity index (χ3v) is 9.87. The van der Waals surface area contributed by atoms with Gasteiger partial charge >= 0.3 is 6.03 Å². The topological polar surface area (TPSA) is 70.5 Å². The molecule has 1 saturated heterocycles. The first-order valence-corrected chi connectivity index (χ1v) is 16.6. The Hall–Kier alpha value is -3.17. The number of aromatic nitrogens is 1. The number of pyridine rings is 1. The number of halogens is 2. The zero-order valence-corrected chi connectivity index (χ0v) is 29.5. The first-order chi connectivity index (χ1) is 21.8. The molecule has 0 spiro atoms. The third-order valence-electron chi connectivity index (χ3n) is 9.37. The average molecular weight is 667 g/mol. The van der Waals surface area contributed by atoms with Gasteiger partial charge in [-0.05, 0) is 56.2 Å². The van der Waals surface area contributed by atoms with Crippen LogP contribution in [0.15, 0.2) is 65.8 Å². The minimum absolute atomic E-state index is 0.123. The van der Waals surface area contributed by atoms with E-state index in [1.807, 2.05) is 77.5 Å². The highest BCUT2D eigenvalue weighted by Crippen LogP contribution is 2.54. The van der Waals surface area contributed by atoms with Gasteiger partial charge < -0.3 is 14.4 Å². The second-order valence-corrected chi connectivity index (χ2v) is 14.2. The summed E-state index contributed by atoms with van der Waals surface area (Å²) in [7, 11) is 1.71. The van der Waals surface area contributed by atoms with E-state index < -0.39 is 11.1 Å². The lowest BCUT2D eigenvalue weighted by Crippen LogP contribution is -2.60. The van der Waals surface area contributed by atoms with Gasteiger partial charge in [0.2, 0.25) is 0 Å². The van der Waals surface area contributed by atoms with Crippen molar-refractivity contribution >= 4 is 35.1 Å². The Morgan fingerprint density at radius 3 is 2.07 bits per heavy atom. The Bertz CT molecular complexity index is 1570. The lowest BCUT2D eigenvalue weighted by molar-refractivity contribution is 0.0771. The van der Waals surface area contributed by atoms with Crippen molar-refractivity contribution in [3.05, 3.63) is 93.2 Å². The van der Waals surface area contributed by atoms with Crippen LogP contribution < -0.4 is 4.74 Å². The van der Waals surface area contributed by atoms with Crippen LogP contribution in [0.2, 0.25) is 10.0 Å².